The van der Waals surface area contributed by atoms with Crippen molar-refractivity contribution in [1.29, 1.82) is 0 Å². The number of halogens is 4. The Bertz CT molecular complexity index is 724. The molecule has 0 rings (SSSR count). The van der Waals surface area contributed by atoms with E-state index >= 15 is 0 Å². The molecule has 0 aromatic carbocycles. The van der Waals surface area contributed by atoms with Crippen LogP contribution < -0.4 is 0 Å². The highest BCUT2D eigenvalue weighted by Gasteiger charge is 2.43. The molecule has 2 unspecified atom stereocenters. The van der Waals surface area contributed by atoms with E-state index in [1.54, 1.807) is 20.8 Å². The van der Waals surface area contributed by atoms with Crippen LogP contribution in [0.2, 0.25) is 0 Å². The van der Waals surface area contributed by atoms with Crippen LogP contribution in [0.3, 0.4) is 0 Å². The second-order valence-corrected chi connectivity index (χ2v) is 14.6. The average Bonchev–Trinajstić information content (AvgIpc) is 2.58. The Hall–Kier alpha value is 0.120. The Morgan fingerprint density at radius 1 is 0.903 bits per heavy atom. The summed E-state index contributed by atoms with van der Waals surface area (Å²) in [5.41, 5.74) is 0. The zero-order chi connectivity index (χ0) is 25.8. The molecule has 2 atom stereocenters. The van der Waals surface area contributed by atoms with Crippen LogP contribution in [0.15, 0.2) is 0 Å². The van der Waals surface area contributed by atoms with Crippen LogP contribution in [0.1, 0.15) is 41.5 Å². The van der Waals surface area contributed by atoms with E-state index in [9.17, 15) is 27.6 Å². The molecule has 8 nitrogen and oxygen atoms in total. The molecule has 0 aliphatic heterocycles. The largest absolute Gasteiger partial charge is 0.481 e. The Labute approximate surface area is 214 Å². The van der Waals surface area contributed by atoms with Crippen molar-refractivity contribution in [3.8, 4) is 0 Å². The number of alkyl halides is 4. The van der Waals surface area contributed by atoms with Crippen molar-refractivity contribution in [2.24, 2.45) is 0 Å². The predicted molar refractivity (Wildman–Crippen MR) is 133 cm³/mol. The van der Waals surface area contributed by atoms with Crippen molar-refractivity contribution in [3.05, 3.63) is 0 Å². The zero-order valence-electron chi connectivity index (χ0n) is 17.9. The number of hydrogen-bond donors (Lipinski definition) is 2. The Morgan fingerprint density at radius 2 is 1.26 bits per heavy atom. The second kappa shape index (κ2) is 15.9. The van der Waals surface area contributed by atoms with Gasteiger partial charge in [0, 0.05) is 0 Å². The molecule has 0 bridgehead atoms. The van der Waals surface area contributed by atoms with E-state index in [1.807, 2.05) is 0 Å². The normalized spacial score (nSPS) is 13.5. The van der Waals surface area contributed by atoms with Gasteiger partial charge in [-0.25, -0.2) is 8.42 Å². The summed E-state index contributed by atoms with van der Waals surface area (Å²) in [6, 6.07) is 0. The number of hydrogen-bond acceptors (Lipinski definition) is 7. The monoisotopic (exact) mass is 652 g/mol. The van der Waals surface area contributed by atoms with Crippen LogP contribution in [0.5, 0.6) is 0 Å². The van der Waals surface area contributed by atoms with Crippen LogP contribution in [-0.4, -0.2) is 78.1 Å². The van der Waals surface area contributed by atoms with Crippen molar-refractivity contribution >= 4 is 100 Å². The molecule has 0 aromatic rings. The Kier molecular flexibility index (Phi) is 18.3. The lowest BCUT2D eigenvalue weighted by molar-refractivity contribution is -0.135. The smallest absolute Gasteiger partial charge is 0.318 e. The highest BCUT2D eigenvalue weighted by Crippen LogP contribution is 2.28. The van der Waals surface area contributed by atoms with E-state index in [0.717, 1.165) is 11.8 Å². The van der Waals surface area contributed by atoms with E-state index < -0.39 is 47.6 Å². The Balaban J connectivity index is -0.000000452. The molecule has 0 heterocycles. The molecule has 0 aliphatic rings. The lowest BCUT2D eigenvalue weighted by Gasteiger charge is -2.23. The summed E-state index contributed by atoms with van der Waals surface area (Å²) in [5, 5.41) is 17.1. The lowest BCUT2D eigenvalue weighted by Crippen LogP contribution is -2.46. The van der Waals surface area contributed by atoms with Gasteiger partial charge in [-0.05, 0) is 41.5 Å². The maximum atomic E-state index is 11.6. The second-order valence-electron chi connectivity index (χ2n) is 6.92. The van der Waals surface area contributed by atoms with Gasteiger partial charge < -0.3 is 10.2 Å². The van der Waals surface area contributed by atoms with Crippen LogP contribution in [-0.2, 0) is 29.0 Å². The molecule has 0 amide bonds. The van der Waals surface area contributed by atoms with Crippen molar-refractivity contribution in [1.82, 2.24) is 0 Å². The molecule has 0 aliphatic carbocycles. The van der Waals surface area contributed by atoms with Crippen LogP contribution in [0, 0.1) is 0 Å². The number of thioether (sulfide) groups is 1. The van der Waals surface area contributed by atoms with Crippen molar-refractivity contribution < 1.29 is 37.8 Å². The molecular formula is C17H28Br2Cl2O8S2. The first-order valence-corrected chi connectivity index (χ1v) is 14.0. The first-order valence-electron chi connectivity index (χ1n) is 8.49. The fourth-order valence-electron chi connectivity index (χ4n) is 1.77. The topological polar surface area (TPSA) is 143 Å². The van der Waals surface area contributed by atoms with Crippen LogP contribution in [0.25, 0.3) is 0 Å². The number of rotatable bonds is 10. The molecule has 31 heavy (non-hydrogen) atoms. The van der Waals surface area contributed by atoms with E-state index in [2.05, 4.69) is 31.9 Å². The summed E-state index contributed by atoms with van der Waals surface area (Å²) < 4.78 is 20.8. The third-order valence-electron chi connectivity index (χ3n) is 3.56. The third-order valence-corrected chi connectivity index (χ3v) is 8.09. The van der Waals surface area contributed by atoms with E-state index in [1.165, 1.54) is 20.8 Å². The fourth-order valence-corrected chi connectivity index (χ4v) is 5.19. The van der Waals surface area contributed by atoms with Gasteiger partial charge in [0.05, 0.1) is 25.5 Å². The van der Waals surface area contributed by atoms with Gasteiger partial charge in [0.1, 0.15) is 10.5 Å². The van der Waals surface area contributed by atoms with Gasteiger partial charge >= 0.3 is 11.9 Å². The van der Waals surface area contributed by atoms with Gasteiger partial charge in [-0.2, -0.15) is 0 Å². The summed E-state index contributed by atoms with van der Waals surface area (Å²) in [7, 11) is -3.98. The number of ketones is 2. The van der Waals surface area contributed by atoms with E-state index in [0.29, 0.717) is 0 Å². The van der Waals surface area contributed by atoms with Gasteiger partial charge in [0.25, 0.3) is 0 Å². The molecule has 2 N–H and O–H groups in total. The number of sulfone groups is 1. The molecule has 0 spiro atoms. The van der Waals surface area contributed by atoms with E-state index in [-0.39, 0.29) is 21.7 Å². The maximum Gasteiger partial charge on any atom is 0.318 e. The highest BCUT2D eigenvalue weighted by molar-refractivity contribution is 9.10. The van der Waals surface area contributed by atoms with Gasteiger partial charge in [-0.15, -0.1) is 35.0 Å². The molecular weight excluding hydrogens is 627 g/mol. The third kappa shape index (κ3) is 14.8. The number of aliphatic carboxylic acids is 2. The average molecular weight is 655 g/mol. The lowest BCUT2D eigenvalue weighted by atomic mass is 10.1. The number of carbonyl (C=O) groups is 4. The standard InChI is InChI=1S/C8H13BrO5S.C8H13BrO3S.CH2Cl2/c1-5(9)7(12)8(2,3)15(13,14)4-6(10)11;1-5(9)7(12)8(2,3)13-4-6(10)11;2-1-3/h5H,4H2,1-3H3,(H,10,11);5H,4H2,1-3H3,(H,10,11);1H2. The van der Waals surface area contributed by atoms with E-state index in [4.69, 9.17) is 33.4 Å². The molecule has 0 saturated heterocycles. The van der Waals surface area contributed by atoms with Crippen molar-refractivity contribution in [2.45, 2.75) is 60.7 Å². The van der Waals surface area contributed by atoms with Gasteiger partial charge in [0.2, 0.25) is 0 Å². The number of Topliss-reactive ketones (excluding diaryl/α,β-unsaturated/α-hetero) is 2. The highest BCUT2D eigenvalue weighted by atomic mass is 79.9. The van der Waals surface area contributed by atoms with Gasteiger partial charge in [0.15, 0.2) is 21.4 Å². The Morgan fingerprint density at radius 3 is 1.52 bits per heavy atom. The number of carbonyl (C=O) groups excluding carboxylic acids is 2. The summed E-state index contributed by atoms with van der Waals surface area (Å²) in [5.74, 6) is -3.97. The predicted octanol–water partition coefficient (Wildman–Crippen LogP) is 3.97. The van der Waals surface area contributed by atoms with Crippen LogP contribution >= 0.6 is 66.8 Å². The zero-order valence-corrected chi connectivity index (χ0v) is 24.3. The van der Waals surface area contributed by atoms with Gasteiger partial charge in [-0.1, -0.05) is 31.9 Å². The van der Waals surface area contributed by atoms with Gasteiger partial charge in [-0.3, -0.25) is 19.2 Å². The summed E-state index contributed by atoms with van der Waals surface area (Å²) in [6.07, 6.45) is 0. The number of carboxylic acid groups (broad SMARTS) is 2. The molecule has 0 saturated carbocycles. The molecule has 0 fully saturated rings. The van der Waals surface area contributed by atoms with Crippen molar-refractivity contribution in [3.63, 3.8) is 0 Å². The first kappa shape index (κ1) is 35.7. The molecule has 14 heteroatoms. The summed E-state index contributed by atoms with van der Waals surface area (Å²) in [4.78, 5) is 42.9. The minimum Gasteiger partial charge on any atom is -0.481 e. The van der Waals surface area contributed by atoms with Crippen LogP contribution in [0.4, 0.5) is 0 Å². The van der Waals surface area contributed by atoms with Crippen molar-refractivity contribution in [2.75, 3.05) is 16.8 Å². The molecule has 184 valence electrons. The fraction of sp³-hybridized carbons (Fsp3) is 0.765. The number of carboxylic acids is 2. The first-order chi connectivity index (χ1) is 13.7. The summed E-state index contributed by atoms with van der Waals surface area (Å²) >= 11 is 16.8. The summed E-state index contributed by atoms with van der Waals surface area (Å²) in [6.45, 7) is 9.14. The quantitative estimate of drug-likeness (QED) is 0.335. The SMILES string of the molecule is CC(Br)C(=O)C(C)(C)S(=O)(=O)CC(=O)O.CC(Br)C(=O)C(C)(C)SCC(=O)O.ClCCl. The molecule has 0 aromatic heterocycles. The minimum absolute atomic E-state index is 0.0127. The minimum atomic E-state index is -3.98. The molecule has 0 radical (unpaired) electrons. The maximum absolute atomic E-state index is 11.6.